The molecule has 2 unspecified atom stereocenters. The van der Waals surface area contributed by atoms with Crippen LogP contribution in [0.3, 0.4) is 0 Å². The first-order valence-corrected chi connectivity index (χ1v) is 6.82. The molecule has 1 heterocycles. The number of hydrogen-bond donors (Lipinski definition) is 3. The molecule has 2 atom stereocenters. The second-order valence-corrected chi connectivity index (χ2v) is 5.75. The molecule has 110 valence electrons. The molecule has 0 bridgehead atoms. The normalized spacial score (nSPS) is 22.4. The van der Waals surface area contributed by atoms with E-state index in [2.05, 4.69) is 5.32 Å². The molecule has 0 aromatic heterocycles. The van der Waals surface area contributed by atoms with Crippen molar-refractivity contribution in [3.05, 3.63) is 28.8 Å². The van der Waals surface area contributed by atoms with Crippen LogP contribution in [0, 0.1) is 12.8 Å². The van der Waals surface area contributed by atoms with E-state index in [4.69, 9.17) is 5.11 Å². The van der Waals surface area contributed by atoms with Crippen LogP contribution in [0.15, 0.2) is 12.1 Å². The number of carboxylic acid groups (broad SMARTS) is 1. The third-order valence-corrected chi connectivity index (χ3v) is 3.95. The van der Waals surface area contributed by atoms with Crippen LogP contribution in [0.25, 0.3) is 0 Å². The van der Waals surface area contributed by atoms with Crippen molar-refractivity contribution in [2.24, 2.45) is 5.92 Å². The minimum Gasteiger partial charge on any atom is -0.508 e. The summed E-state index contributed by atoms with van der Waals surface area (Å²) in [6.07, 6.45) is 0.600. The number of nitrogens with one attached hydrogen (secondary N) is 1. The molecule has 1 aliphatic rings. The molecule has 1 aromatic rings. The summed E-state index contributed by atoms with van der Waals surface area (Å²) in [5.41, 5.74) is 3.04. The van der Waals surface area contributed by atoms with E-state index in [0.717, 1.165) is 16.7 Å². The summed E-state index contributed by atoms with van der Waals surface area (Å²) < 4.78 is 0. The highest BCUT2D eigenvalue weighted by atomic mass is 16.4. The summed E-state index contributed by atoms with van der Waals surface area (Å²) in [5.74, 6) is -0.775. The fourth-order valence-corrected chi connectivity index (χ4v) is 2.81. The van der Waals surface area contributed by atoms with Gasteiger partial charge in [-0.1, -0.05) is 6.07 Å². The second kappa shape index (κ2) is 5.81. The first kappa shape index (κ1) is 14.8. The number of phenols is 1. The number of hydrogen-bond acceptors (Lipinski definition) is 4. The van der Waals surface area contributed by atoms with E-state index in [0.29, 0.717) is 25.3 Å². The Morgan fingerprint density at radius 3 is 2.70 bits per heavy atom. The average molecular weight is 278 g/mol. The zero-order chi connectivity index (χ0) is 14.9. The van der Waals surface area contributed by atoms with Crippen molar-refractivity contribution in [1.29, 1.82) is 0 Å². The first-order chi connectivity index (χ1) is 9.40. The lowest BCUT2D eigenvalue weighted by molar-refractivity contribution is -0.141. The van der Waals surface area contributed by atoms with Crippen LogP contribution in [-0.2, 0) is 11.3 Å². The van der Waals surface area contributed by atoms with Crippen molar-refractivity contribution < 1.29 is 15.0 Å². The van der Waals surface area contributed by atoms with Crippen LogP contribution >= 0.6 is 0 Å². The molecule has 5 heteroatoms. The summed E-state index contributed by atoms with van der Waals surface area (Å²) in [6.45, 7) is 3.16. The van der Waals surface area contributed by atoms with Crippen molar-refractivity contribution in [3.8, 4) is 5.75 Å². The van der Waals surface area contributed by atoms with Gasteiger partial charge >= 0.3 is 5.97 Å². The van der Waals surface area contributed by atoms with E-state index in [1.165, 1.54) is 0 Å². The fourth-order valence-electron chi connectivity index (χ4n) is 2.81. The van der Waals surface area contributed by atoms with E-state index in [-0.39, 0.29) is 12.0 Å². The van der Waals surface area contributed by atoms with Crippen molar-refractivity contribution in [2.45, 2.75) is 25.9 Å². The summed E-state index contributed by atoms with van der Waals surface area (Å²) in [4.78, 5) is 13.1. The van der Waals surface area contributed by atoms with Crippen LogP contribution in [0.4, 0.5) is 0 Å². The quantitative estimate of drug-likeness (QED) is 0.778. The lowest BCUT2D eigenvalue weighted by Gasteiger charge is -2.20. The first-order valence-electron chi connectivity index (χ1n) is 6.82. The van der Waals surface area contributed by atoms with Crippen LogP contribution in [-0.4, -0.2) is 41.7 Å². The molecule has 1 saturated heterocycles. The van der Waals surface area contributed by atoms with Gasteiger partial charge in [0.25, 0.3) is 0 Å². The Kier molecular flexibility index (Phi) is 4.30. The van der Waals surface area contributed by atoms with Gasteiger partial charge in [0.05, 0.1) is 5.92 Å². The Morgan fingerprint density at radius 1 is 1.45 bits per heavy atom. The van der Waals surface area contributed by atoms with Gasteiger partial charge < -0.3 is 20.4 Å². The minimum atomic E-state index is -0.745. The summed E-state index contributed by atoms with van der Waals surface area (Å²) >= 11 is 0. The van der Waals surface area contributed by atoms with Crippen LogP contribution in [0.5, 0.6) is 5.75 Å². The van der Waals surface area contributed by atoms with Gasteiger partial charge in [-0.3, -0.25) is 4.79 Å². The summed E-state index contributed by atoms with van der Waals surface area (Å²) in [6, 6.07) is 3.65. The molecule has 5 nitrogen and oxygen atoms in total. The van der Waals surface area contributed by atoms with Crippen molar-refractivity contribution in [1.82, 2.24) is 10.2 Å². The summed E-state index contributed by atoms with van der Waals surface area (Å²) in [5, 5.41) is 22.4. The lowest BCUT2D eigenvalue weighted by atomic mass is 9.93. The average Bonchev–Trinajstić information content (AvgIpc) is 2.83. The van der Waals surface area contributed by atoms with Crippen molar-refractivity contribution in [3.63, 3.8) is 0 Å². The van der Waals surface area contributed by atoms with Gasteiger partial charge in [0.1, 0.15) is 5.75 Å². The highest BCUT2D eigenvalue weighted by Crippen LogP contribution is 2.34. The van der Waals surface area contributed by atoms with E-state index in [9.17, 15) is 9.90 Å². The molecule has 0 spiro atoms. The zero-order valence-electron chi connectivity index (χ0n) is 12.2. The van der Waals surface area contributed by atoms with Gasteiger partial charge in [-0.15, -0.1) is 0 Å². The number of phenolic OH excluding ortho intramolecular Hbond substituents is 1. The molecule has 0 amide bonds. The highest BCUT2D eigenvalue weighted by Gasteiger charge is 2.31. The number of carbonyl (C=O) groups is 1. The smallest absolute Gasteiger partial charge is 0.307 e. The molecular weight excluding hydrogens is 256 g/mol. The molecule has 1 aliphatic heterocycles. The Labute approximate surface area is 119 Å². The number of nitrogens with zero attached hydrogens (tertiary/aromatic N) is 1. The standard InChI is InChI=1S/C15H22N2O3/c1-9-11(13-6-10(7-16-13)15(19)20)4-5-14(18)12(9)8-17(2)3/h4-5,10,13,16,18H,6-8H2,1-3H3,(H,19,20). The van der Waals surface area contributed by atoms with Crippen LogP contribution in [0.1, 0.15) is 29.2 Å². The Morgan fingerprint density at radius 2 is 2.15 bits per heavy atom. The van der Waals surface area contributed by atoms with Gasteiger partial charge in [-0.2, -0.15) is 0 Å². The molecule has 20 heavy (non-hydrogen) atoms. The number of carboxylic acids is 1. The van der Waals surface area contributed by atoms with E-state index >= 15 is 0 Å². The monoisotopic (exact) mass is 278 g/mol. The highest BCUT2D eigenvalue weighted by molar-refractivity contribution is 5.71. The number of rotatable bonds is 4. The van der Waals surface area contributed by atoms with Gasteiger partial charge in [-0.25, -0.2) is 0 Å². The number of benzene rings is 1. The molecule has 1 fully saturated rings. The number of aliphatic carboxylic acids is 1. The topological polar surface area (TPSA) is 72.8 Å². The maximum absolute atomic E-state index is 11.0. The molecule has 1 aromatic carbocycles. The Balaban J connectivity index is 2.27. The van der Waals surface area contributed by atoms with Crippen molar-refractivity contribution in [2.75, 3.05) is 20.6 Å². The molecule has 2 rings (SSSR count). The predicted octanol–water partition coefficient (Wildman–Crippen LogP) is 1.50. The maximum atomic E-state index is 11.0. The maximum Gasteiger partial charge on any atom is 0.307 e. The zero-order valence-corrected chi connectivity index (χ0v) is 12.2. The molecule has 0 radical (unpaired) electrons. The van der Waals surface area contributed by atoms with E-state index in [1.54, 1.807) is 6.07 Å². The van der Waals surface area contributed by atoms with Gasteiger partial charge in [0.15, 0.2) is 0 Å². The molecule has 0 aliphatic carbocycles. The lowest BCUT2D eigenvalue weighted by Crippen LogP contribution is -2.18. The molecule has 0 saturated carbocycles. The van der Waals surface area contributed by atoms with E-state index in [1.807, 2.05) is 32.0 Å². The Bertz CT molecular complexity index is 514. The second-order valence-electron chi connectivity index (χ2n) is 5.75. The van der Waals surface area contributed by atoms with Crippen LogP contribution < -0.4 is 5.32 Å². The molecular formula is C15H22N2O3. The Hall–Kier alpha value is -1.59. The summed E-state index contributed by atoms with van der Waals surface area (Å²) in [7, 11) is 3.92. The van der Waals surface area contributed by atoms with Gasteiger partial charge in [-0.05, 0) is 44.6 Å². The predicted molar refractivity (Wildman–Crippen MR) is 76.7 cm³/mol. The van der Waals surface area contributed by atoms with Crippen molar-refractivity contribution >= 4 is 5.97 Å². The largest absolute Gasteiger partial charge is 0.508 e. The van der Waals surface area contributed by atoms with E-state index < -0.39 is 5.97 Å². The third kappa shape index (κ3) is 2.94. The third-order valence-electron chi connectivity index (χ3n) is 3.95. The fraction of sp³-hybridized carbons (Fsp3) is 0.533. The van der Waals surface area contributed by atoms with Crippen LogP contribution in [0.2, 0.25) is 0 Å². The van der Waals surface area contributed by atoms with Gasteiger partial charge in [0.2, 0.25) is 0 Å². The minimum absolute atomic E-state index is 0.0533. The van der Waals surface area contributed by atoms with Gasteiger partial charge in [0, 0.05) is 24.7 Å². The molecule has 3 N–H and O–H groups in total. The number of aromatic hydroxyl groups is 1. The SMILES string of the molecule is Cc1c(C2CC(C(=O)O)CN2)ccc(O)c1CN(C)C.